The monoisotopic (exact) mass is 381 g/mol. The molecular weight excluding hydrogens is 367 g/mol. The molecule has 0 aromatic heterocycles. The van der Waals surface area contributed by atoms with Gasteiger partial charge in [-0.15, -0.1) is 0 Å². The Morgan fingerprint density at radius 3 is 1.65 bits per heavy atom. The van der Waals surface area contributed by atoms with Crippen molar-refractivity contribution in [3.8, 4) is 0 Å². The van der Waals surface area contributed by atoms with Crippen LogP contribution in [0.4, 0.5) is 22.7 Å². The smallest absolute Gasteiger partial charge is 0.744 e. The van der Waals surface area contributed by atoms with Gasteiger partial charge in [0.15, 0.2) is 0 Å². The molecule has 126 valence electrons. The zero-order valence-corrected chi connectivity index (χ0v) is 16.8. The Hall–Kier alpha value is -2.03. The van der Waals surface area contributed by atoms with Crippen LogP contribution < -0.4 is 34.9 Å². The molecule has 0 bridgehead atoms. The van der Waals surface area contributed by atoms with Crippen LogP contribution in [0.15, 0.2) is 94.0 Å². The van der Waals surface area contributed by atoms with Crippen molar-refractivity contribution >= 4 is 32.9 Å². The molecule has 6 nitrogen and oxygen atoms in total. The summed E-state index contributed by atoms with van der Waals surface area (Å²) in [4.78, 5) is -0.289. The number of nitrogens with zero attached hydrogens (tertiary/aromatic N) is 2. The molecule has 0 atom stereocenters. The van der Waals surface area contributed by atoms with Crippen LogP contribution in [-0.4, -0.2) is 13.0 Å². The van der Waals surface area contributed by atoms with Crippen LogP contribution in [-0.2, 0) is 10.1 Å². The largest absolute Gasteiger partial charge is 1.00 e. The molecule has 0 amide bonds. The number of hydrogen-bond donors (Lipinski definition) is 1. The molecule has 0 aliphatic carbocycles. The quantitative estimate of drug-likeness (QED) is 0.414. The molecule has 0 aliphatic rings. The van der Waals surface area contributed by atoms with Gasteiger partial charge in [0.05, 0.1) is 16.3 Å². The zero-order chi connectivity index (χ0) is 17.7. The number of hydrogen-bond acceptors (Lipinski definition) is 6. The van der Waals surface area contributed by atoms with E-state index in [1.165, 1.54) is 24.3 Å². The topological polar surface area (TPSA) is 94.0 Å². The average molecular weight is 381 g/mol. The molecule has 0 heterocycles. The Morgan fingerprint density at radius 2 is 1.15 bits per heavy atom. The minimum atomic E-state index is -4.45. The second-order valence-corrected chi connectivity index (χ2v) is 6.57. The van der Waals surface area contributed by atoms with Crippen molar-refractivity contribution < 1.29 is 42.5 Å². The molecule has 1 N–H and O–H groups in total. The van der Waals surface area contributed by atoms with Gasteiger partial charge in [-0.25, -0.2) is 8.42 Å². The van der Waals surface area contributed by atoms with Gasteiger partial charge in [0.2, 0.25) is 0 Å². The Morgan fingerprint density at radius 1 is 0.692 bits per heavy atom. The van der Waals surface area contributed by atoms with Gasteiger partial charge < -0.3 is 9.87 Å². The van der Waals surface area contributed by atoms with Gasteiger partial charge in [0.1, 0.15) is 10.1 Å². The molecule has 0 saturated heterocycles. The summed E-state index contributed by atoms with van der Waals surface area (Å²) in [5, 5.41) is 11.4. The van der Waals surface area contributed by atoms with E-state index in [1.807, 2.05) is 54.6 Å². The first kappa shape index (κ1) is 20.3. The van der Waals surface area contributed by atoms with E-state index in [0.29, 0.717) is 11.4 Å². The molecule has 26 heavy (non-hydrogen) atoms. The minimum absolute atomic E-state index is 0. The number of rotatable bonds is 5. The predicted octanol–water partition coefficient (Wildman–Crippen LogP) is 1.75. The molecule has 0 saturated carbocycles. The van der Waals surface area contributed by atoms with E-state index in [-0.39, 0.29) is 34.5 Å². The van der Waals surface area contributed by atoms with Crippen molar-refractivity contribution in [1.82, 2.24) is 0 Å². The van der Waals surface area contributed by atoms with Crippen LogP contribution in [0.1, 0.15) is 0 Å². The maximum atomic E-state index is 10.9. The molecular formula is C18H14N3NaO3S. The Labute approximate surface area is 174 Å². The van der Waals surface area contributed by atoms with Crippen molar-refractivity contribution in [3.63, 3.8) is 0 Å². The Kier molecular flexibility index (Phi) is 7.07. The summed E-state index contributed by atoms with van der Waals surface area (Å²) in [5.74, 6) is 0. The summed E-state index contributed by atoms with van der Waals surface area (Å²) in [6, 6.07) is 22.5. The molecule has 3 aromatic carbocycles. The predicted molar refractivity (Wildman–Crippen MR) is 94.7 cm³/mol. The third-order valence-electron chi connectivity index (χ3n) is 3.34. The number of nitrogens with one attached hydrogen (secondary N) is 1. The first-order chi connectivity index (χ1) is 12.0. The molecule has 0 fully saturated rings. The third-order valence-corrected chi connectivity index (χ3v) is 4.19. The molecule has 0 aliphatic heterocycles. The number of azo groups is 1. The summed E-state index contributed by atoms with van der Waals surface area (Å²) in [5.41, 5.74) is 3.03. The van der Waals surface area contributed by atoms with Gasteiger partial charge in [-0.3, -0.25) is 0 Å². The molecule has 3 aromatic rings. The van der Waals surface area contributed by atoms with E-state index in [1.54, 1.807) is 0 Å². The van der Waals surface area contributed by atoms with Crippen LogP contribution in [0.3, 0.4) is 0 Å². The summed E-state index contributed by atoms with van der Waals surface area (Å²) in [7, 11) is -4.45. The van der Waals surface area contributed by atoms with Crippen LogP contribution in [0.5, 0.6) is 0 Å². The van der Waals surface area contributed by atoms with Crippen molar-refractivity contribution in [2.24, 2.45) is 10.2 Å². The van der Waals surface area contributed by atoms with Gasteiger partial charge in [-0.05, 0) is 60.7 Å². The van der Waals surface area contributed by atoms with Crippen LogP contribution >= 0.6 is 0 Å². The summed E-state index contributed by atoms with van der Waals surface area (Å²) in [6.07, 6.45) is 0. The first-order valence-corrected chi connectivity index (χ1v) is 8.81. The second-order valence-electron chi connectivity index (χ2n) is 5.19. The third kappa shape index (κ3) is 5.76. The maximum Gasteiger partial charge on any atom is 1.00 e. The second kappa shape index (κ2) is 9.07. The van der Waals surface area contributed by atoms with Crippen LogP contribution in [0.2, 0.25) is 0 Å². The summed E-state index contributed by atoms with van der Waals surface area (Å²) >= 11 is 0. The molecule has 8 heteroatoms. The van der Waals surface area contributed by atoms with Gasteiger partial charge in [0.25, 0.3) is 0 Å². The number of benzene rings is 3. The van der Waals surface area contributed by atoms with Crippen molar-refractivity contribution in [3.05, 3.63) is 78.9 Å². The first-order valence-electron chi connectivity index (χ1n) is 7.40. The Bertz CT molecular complexity index is 974. The normalized spacial score (nSPS) is 11.1. The summed E-state index contributed by atoms with van der Waals surface area (Å²) < 4.78 is 32.6. The van der Waals surface area contributed by atoms with Crippen molar-refractivity contribution in [2.45, 2.75) is 4.90 Å². The van der Waals surface area contributed by atoms with E-state index < -0.39 is 10.1 Å². The maximum absolute atomic E-state index is 10.9. The fourth-order valence-corrected chi connectivity index (χ4v) is 2.56. The van der Waals surface area contributed by atoms with Gasteiger partial charge in [0, 0.05) is 11.4 Å². The number of anilines is 2. The van der Waals surface area contributed by atoms with Crippen molar-refractivity contribution in [2.75, 3.05) is 5.32 Å². The fourth-order valence-electron chi connectivity index (χ4n) is 2.09. The molecule has 3 rings (SSSR count). The zero-order valence-electron chi connectivity index (χ0n) is 14.0. The molecule has 0 spiro atoms. The van der Waals surface area contributed by atoms with E-state index in [0.717, 1.165) is 11.4 Å². The molecule has 0 radical (unpaired) electrons. The van der Waals surface area contributed by atoms with E-state index in [9.17, 15) is 13.0 Å². The summed E-state index contributed by atoms with van der Waals surface area (Å²) in [6.45, 7) is 0. The minimum Gasteiger partial charge on any atom is -0.744 e. The van der Waals surface area contributed by atoms with Crippen LogP contribution in [0, 0.1) is 0 Å². The Balaban J connectivity index is 0.00000243. The van der Waals surface area contributed by atoms with Gasteiger partial charge in [-0.2, -0.15) is 10.2 Å². The van der Waals surface area contributed by atoms with E-state index >= 15 is 0 Å². The fraction of sp³-hybridized carbons (Fsp3) is 0. The SMILES string of the molecule is O=S(=O)([O-])[13c]1[13cH][13cH][13c](N=Nc2ccc(Nc3ccccc3)cc2)[13cH][13cH]1.[Na+]. The molecule has 0 unspecified atom stereocenters. The van der Waals surface area contributed by atoms with E-state index in [4.69, 9.17) is 0 Å². The van der Waals surface area contributed by atoms with Gasteiger partial charge in [-0.1, -0.05) is 18.2 Å². The average Bonchev–Trinajstić information content (AvgIpc) is 2.62. The van der Waals surface area contributed by atoms with Crippen LogP contribution in [0.25, 0.3) is 0 Å². The van der Waals surface area contributed by atoms with Crippen molar-refractivity contribution in [1.29, 1.82) is 0 Å². The number of para-hydroxylation sites is 1. The standard InChI is InChI=1S/C18H15N3O3S.Na/c22-25(23,24)18-12-10-17(11-13-18)21-20-16-8-6-15(7-9-16)19-14-4-2-1-3-5-14;/h1-13,19H,(H,22,23,24);/q;+1/p-1/i10+1,11+1,12+1,13+1,17+1,18+1;. The van der Waals surface area contributed by atoms with E-state index in [2.05, 4.69) is 15.5 Å². The van der Waals surface area contributed by atoms with Gasteiger partial charge >= 0.3 is 29.6 Å².